The molecule has 0 bridgehead atoms. The van der Waals surface area contributed by atoms with Crippen molar-refractivity contribution in [3.63, 3.8) is 0 Å². The van der Waals surface area contributed by atoms with Gasteiger partial charge in [-0.1, -0.05) is 18.2 Å². The van der Waals surface area contributed by atoms with Crippen molar-refractivity contribution >= 4 is 12.0 Å². The molecule has 0 saturated carbocycles. The maximum atomic E-state index is 11.8. The Morgan fingerprint density at radius 2 is 1.91 bits per heavy atom. The summed E-state index contributed by atoms with van der Waals surface area (Å²) in [7, 11) is 1.47. The van der Waals surface area contributed by atoms with Crippen LogP contribution in [0.3, 0.4) is 0 Å². The number of nitrogens with one attached hydrogen (secondary N) is 1. The van der Waals surface area contributed by atoms with E-state index in [1.165, 1.54) is 19.3 Å². The van der Waals surface area contributed by atoms with Gasteiger partial charge in [0.15, 0.2) is 11.5 Å². The number of aromatic hydroxyl groups is 2. The highest BCUT2D eigenvalue weighted by Gasteiger charge is 2.03. The molecule has 114 valence electrons. The summed E-state index contributed by atoms with van der Waals surface area (Å²) in [6, 6.07) is 11.4. The SMILES string of the molecule is COc1cc(CNC(=O)/C=C/c2ccc(O)cc2)ccc1O. The molecule has 5 heteroatoms. The lowest BCUT2D eigenvalue weighted by Gasteiger charge is -2.07. The molecule has 2 rings (SSSR count). The molecule has 0 aromatic heterocycles. The van der Waals surface area contributed by atoms with E-state index in [1.807, 2.05) is 0 Å². The van der Waals surface area contributed by atoms with Gasteiger partial charge in [0.05, 0.1) is 7.11 Å². The second kappa shape index (κ2) is 7.17. The molecular formula is C17H17NO4. The van der Waals surface area contributed by atoms with E-state index in [0.29, 0.717) is 12.3 Å². The van der Waals surface area contributed by atoms with Gasteiger partial charge >= 0.3 is 0 Å². The Kier molecular flexibility index (Phi) is 5.03. The van der Waals surface area contributed by atoms with Crippen LogP contribution in [0.25, 0.3) is 6.08 Å². The Balaban J connectivity index is 1.91. The fourth-order valence-electron chi connectivity index (χ4n) is 1.84. The van der Waals surface area contributed by atoms with Crippen LogP contribution in [0.2, 0.25) is 0 Å². The smallest absolute Gasteiger partial charge is 0.244 e. The number of amides is 1. The molecule has 0 unspecified atom stereocenters. The van der Waals surface area contributed by atoms with Gasteiger partial charge in [0, 0.05) is 12.6 Å². The minimum atomic E-state index is -0.236. The molecule has 2 aromatic rings. The van der Waals surface area contributed by atoms with Crippen LogP contribution in [-0.4, -0.2) is 23.2 Å². The number of methoxy groups -OCH3 is 1. The zero-order valence-electron chi connectivity index (χ0n) is 12.1. The highest BCUT2D eigenvalue weighted by Crippen LogP contribution is 2.26. The first-order valence-corrected chi connectivity index (χ1v) is 6.69. The van der Waals surface area contributed by atoms with Gasteiger partial charge in [0.25, 0.3) is 0 Å². The number of hydrogen-bond donors (Lipinski definition) is 3. The summed E-state index contributed by atoms with van der Waals surface area (Å²) in [5, 5.41) is 21.4. The Morgan fingerprint density at radius 1 is 1.18 bits per heavy atom. The molecular weight excluding hydrogens is 282 g/mol. The third kappa shape index (κ3) is 4.28. The molecule has 5 nitrogen and oxygen atoms in total. The van der Waals surface area contributed by atoms with Crippen molar-refractivity contribution in [1.82, 2.24) is 5.32 Å². The third-order valence-corrected chi connectivity index (χ3v) is 3.03. The van der Waals surface area contributed by atoms with E-state index in [1.54, 1.807) is 42.5 Å². The summed E-state index contributed by atoms with van der Waals surface area (Å²) in [6.45, 7) is 0.329. The highest BCUT2D eigenvalue weighted by molar-refractivity contribution is 5.91. The largest absolute Gasteiger partial charge is 0.508 e. The summed E-state index contributed by atoms with van der Waals surface area (Å²) in [4.78, 5) is 11.8. The molecule has 0 radical (unpaired) electrons. The highest BCUT2D eigenvalue weighted by atomic mass is 16.5. The van der Waals surface area contributed by atoms with E-state index in [9.17, 15) is 15.0 Å². The van der Waals surface area contributed by atoms with Crippen LogP contribution in [0.15, 0.2) is 48.5 Å². The van der Waals surface area contributed by atoms with Crippen LogP contribution in [0.4, 0.5) is 0 Å². The first-order valence-electron chi connectivity index (χ1n) is 6.69. The molecule has 0 fully saturated rings. The summed E-state index contributed by atoms with van der Waals surface area (Å²) in [6.07, 6.45) is 3.08. The van der Waals surface area contributed by atoms with Crippen LogP contribution >= 0.6 is 0 Å². The second-order valence-electron chi connectivity index (χ2n) is 4.65. The van der Waals surface area contributed by atoms with E-state index >= 15 is 0 Å². The van der Waals surface area contributed by atoms with Gasteiger partial charge in [-0.15, -0.1) is 0 Å². The molecule has 0 aliphatic rings. The molecule has 0 atom stereocenters. The lowest BCUT2D eigenvalue weighted by molar-refractivity contribution is -0.116. The Morgan fingerprint density at radius 3 is 2.59 bits per heavy atom. The topological polar surface area (TPSA) is 78.8 Å². The normalized spacial score (nSPS) is 10.6. The van der Waals surface area contributed by atoms with Crippen molar-refractivity contribution < 1.29 is 19.7 Å². The van der Waals surface area contributed by atoms with Gasteiger partial charge in [0.2, 0.25) is 5.91 Å². The molecule has 2 aromatic carbocycles. The number of benzene rings is 2. The van der Waals surface area contributed by atoms with Gasteiger partial charge in [-0.25, -0.2) is 0 Å². The summed E-state index contributed by atoms with van der Waals surface area (Å²) >= 11 is 0. The first kappa shape index (κ1) is 15.4. The molecule has 0 spiro atoms. The van der Waals surface area contributed by atoms with E-state index in [-0.39, 0.29) is 17.4 Å². The zero-order valence-corrected chi connectivity index (χ0v) is 12.1. The monoisotopic (exact) mass is 299 g/mol. The average Bonchev–Trinajstić information content (AvgIpc) is 2.53. The summed E-state index contributed by atoms with van der Waals surface area (Å²) < 4.78 is 5.01. The molecule has 0 heterocycles. The van der Waals surface area contributed by atoms with Crippen LogP contribution < -0.4 is 10.1 Å². The predicted octanol–water partition coefficient (Wildman–Crippen LogP) is 2.44. The number of phenols is 2. The van der Waals surface area contributed by atoms with Crippen LogP contribution in [0.1, 0.15) is 11.1 Å². The minimum absolute atomic E-state index is 0.0600. The van der Waals surface area contributed by atoms with Crippen molar-refractivity contribution in [2.75, 3.05) is 7.11 Å². The van der Waals surface area contributed by atoms with Crippen molar-refractivity contribution in [2.45, 2.75) is 6.54 Å². The van der Waals surface area contributed by atoms with E-state index in [0.717, 1.165) is 11.1 Å². The van der Waals surface area contributed by atoms with Crippen molar-refractivity contribution in [3.05, 3.63) is 59.7 Å². The number of hydrogen-bond acceptors (Lipinski definition) is 4. The Bertz CT molecular complexity index is 678. The van der Waals surface area contributed by atoms with Crippen LogP contribution in [0, 0.1) is 0 Å². The van der Waals surface area contributed by atoms with E-state index in [2.05, 4.69) is 5.32 Å². The molecule has 0 aliphatic carbocycles. The summed E-state index contributed by atoms with van der Waals surface area (Å²) in [5.74, 6) is 0.374. The predicted molar refractivity (Wildman–Crippen MR) is 83.6 cm³/mol. The van der Waals surface area contributed by atoms with Gasteiger partial charge in [-0.05, 0) is 41.5 Å². The number of carbonyl (C=O) groups is 1. The van der Waals surface area contributed by atoms with Crippen molar-refractivity contribution in [2.24, 2.45) is 0 Å². The van der Waals surface area contributed by atoms with Crippen molar-refractivity contribution in [3.8, 4) is 17.2 Å². The maximum absolute atomic E-state index is 11.8. The Hall–Kier alpha value is -2.95. The third-order valence-electron chi connectivity index (χ3n) is 3.03. The number of phenolic OH excluding ortho intramolecular Hbond substituents is 2. The van der Waals surface area contributed by atoms with Gasteiger partial charge in [-0.2, -0.15) is 0 Å². The lowest BCUT2D eigenvalue weighted by Crippen LogP contribution is -2.20. The average molecular weight is 299 g/mol. The summed E-state index contributed by atoms with van der Waals surface area (Å²) in [5.41, 5.74) is 1.64. The number of carbonyl (C=O) groups excluding carboxylic acids is 1. The van der Waals surface area contributed by atoms with Gasteiger partial charge < -0.3 is 20.3 Å². The quantitative estimate of drug-likeness (QED) is 0.741. The van der Waals surface area contributed by atoms with Gasteiger partial charge in [-0.3, -0.25) is 4.79 Å². The molecule has 0 saturated heterocycles. The minimum Gasteiger partial charge on any atom is -0.508 e. The van der Waals surface area contributed by atoms with E-state index < -0.39 is 0 Å². The zero-order chi connectivity index (χ0) is 15.9. The maximum Gasteiger partial charge on any atom is 0.244 e. The number of ether oxygens (including phenoxy) is 1. The second-order valence-corrected chi connectivity index (χ2v) is 4.65. The molecule has 3 N–H and O–H groups in total. The van der Waals surface area contributed by atoms with E-state index in [4.69, 9.17) is 4.74 Å². The lowest BCUT2D eigenvalue weighted by atomic mass is 10.2. The van der Waals surface area contributed by atoms with Crippen LogP contribution in [-0.2, 0) is 11.3 Å². The number of rotatable bonds is 5. The van der Waals surface area contributed by atoms with Crippen molar-refractivity contribution in [1.29, 1.82) is 0 Å². The fraction of sp³-hybridized carbons (Fsp3) is 0.118. The molecule has 22 heavy (non-hydrogen) atoms. The molecule has 0 aliphatic heterocycles. The standard InChI is InChI=1S/C17H17NO4/c1-22-16-10-13(4-8-15(16)20)11-18-17(21)9-5-12-2-6-14(19)7-3-12/h2-10,19-20H,11H2,1H3,(H,18,21)/b9-5+. The van der Waals surface area contributed by atoms with Gasteiger partial charge in [0.1, 0.15) is 5.75 Å². The Labute approximate surface area is 128 Å². The van der Waals surface area contributed by atoms with Crippen LogP contribution in [0.5, 0.6) is 17.2 Å². The first-order chi connectivity index (χ1) is 10.6. The molecule has 1 amide bonds. The fourth-order valence-corrected chi connectivity index (χ4v) is 1.84.